The van der Waals surface area contributed by atoms with Crippen molar-refractivity contribution in [3.63, 3.8) is 0 Å². The van der Waals surface area contributed by atoms with Gasteiger partial charge in [-0.05, 0) is 89.9 Å². The molecule has 4 aromatic carbocycles. The maximum Gasteiger partial charge on any atom is 0.407 e. The van der Waals surface area contributed by atoms with Gasteiger partial charge in [-0.3, -0.25) is 9.69 Å². The molecule has 6 aromatic rings. The summed E-state index contributed by atoms with van der Waals surface area (Å²) in [6, 6.07) is 22.1. The number of ether oxygens (including phenoxy) is 3. The average molecular weight is 855 g/mol. The van der Waals surface area contributed by atoms with Crippen molar-refractivity contribution in [1.82, 2.24) is 40.4 Å². The van der Waals surface area contributed by atoms with E-state index in [1.807, 2.05) is 61.3 Å². The number of nitrogens with one attached hydrogen (secondary N) is 4. The lowest BCUT2D eigenvalue weighted by atomic mass is 9.92. The molecule has 328 valence electrons. The second kappa shape index (κ2) is 17.0. The van der Waals surface area contributed by atoms with Crippen molar-refractivity contribution in [1.29, 1.82) is 0 Å². The normalized spacial score (nSPS) is 21.1. The molecule has 0 spiro atoms. The molecular weight excluding hydrogens is 801 g/mol. The zero-order chi connectivity index (χ0) is 44.1. The quantitative estimate of drug-likeness (QED) is 0.0907. The van der Waals surface area contributed by atoms with Crippen LogP contribution in [-0.4, -0.2) is 92.0 Å². The Hall–Kier alpha value is -6.45. The predicted molar refractivity (Wildman–Crippen MR) is 237 cm³/mol. The molecule has 63 heavy (non-hydrogen) atoms. The fourth-order valence-electron chi connectivity index (χ4n) is 9.81. The van der Waals surface area contributed by atoms with Crippen LogP contribution >= 0.6 is 0 Å². The second-order valence-corrected chi connectivity index (χ2v) is 17.5. The summed E-state index contributed by atoms with van der Waals surface area (Å²) in [7, 11) is 2.61. The maximum atomic E-state index is 14.2. The zero-order valence-corrected chi connectivity index (χ0v) is 36.3. The largest absolute Gasteiger partial charge is 0.488 e. The first kappa shape index (κ1) is 41.9. The van der Waals surface area contributed by atoms with Crippen molar-refractivity contribution in [3.8, 4) is 28.1 Å². The number of methoxy groups -OCH3 is 2. The number of H-pyrrole nitrogens is 2. The van der Waals surface area contributed by atoms with E-state index in [1.165, 1.54) is 14.2 Å². The Balaban J connectivity index is 0.966. The minimum absolute atomic E-state index is 0.0388. The number of carbonyl (C=O) groups excluding carboxylic acids is 3. The number of aromatic amines is 2. The first-order chi connectivity index (χ1) is 30.4. The molecule has 0 bridgehead atoms. The molecular formula is C48H54N8O7. The van der Waals surface area contributed by atoms with Crippen LogP contribution in [0.4, 0.5) is 9.59 Å². The van der Waals surface area contributed by atoms with Crippen molar-refractivity contribution in [2.45, 2.75) is 90.0 Å². The first-order valence-corrected chi connectivity index (χ1v) is 21.7. The number of benzene rings is 4. The van der Waals surface area contributed by atoms with Crippen LogP contribution in [0.3, 0.4) is 0 Å². The molecule has 9 rings (SSSR count). The van der Waals surface area contributed by atoms with Gasteiger partial charge in [-0.25, -0.2) is 19.6 Å². The van der Waals surface area contributed by atoms with Gasteiger partial charge in [-0.15, -0.1) is 0 Å². The summed E-state index contributed by atoms with van der Waals surface area (Å²) in [4.78, 5) is 59.6. The van der Waals surface area contributed by atoms with Gasteiger partial charge < -0.3 is 44.8 Å². The van der Waals surface area contributed by atoms with E-state index in [0.717, 1.165) is 80.6 Å². The molecule has 5 heterocycles. The van der Waals surface area contributed by atoms with Gasteiger partial charge in [0.2, 0.25) is 0 Å². The molecule has 3 unspecified atom stereocenters. The summed E-state index contributed by atoms with van der Waals surface area (Å²) < 4.78 is 16.2. The highest BCUT2D eigenvalue weighted by Crippen LogP contribution is 2.44. The molecule has 2 saturated heterocycles. The Morgan fingerprint density at radius 2 is 1.67 bits per heavy atom. The fraction of sp³-hybridized carbons (Fsp3) is 0.396. The molecule has 0 radical (unpaired) electrons. The number of carbonyl (C=O) groups is 3. The van der Waals surface area contributed by atoms with Gasteiger partial charge >= 0.3 is 12.2 Å². The molecule has 2 fully saturated rings. The molecule has 5 N–H and O–H groups in total. The van der Waals surface area contributed by atoms with Crippen LogP contribution in [0.5, 0.6) is 5.75 Å². The Morgan fingerprint density at radius 3 is 2.43 bits per heavy atom. The van der Waals surface area contributed by atoms with Crippen LogP contribution < -0.4 is 15.4 Å². The summed E-state index contributed by atoms with van der Waals surface area (Å²) in [6.45, 7) is 9.06. The molecule has 2 aromatic heterocycles. The highest BCUT2D eigenvalue weighted by atomic mass is 16.5. The van der Waals surface area contributed by atoms with Gasteiger partial charge in [0.05, 0.1) is 55.3 Å². The van der Waals surface area contributed by atoms with E-state index in [-0.39, 0.29) is 35.9 Å². The van der Waals surface area contributed by atoms with Crippen molar-refractivity contribution >= 4 is 39.9 Å². The molecule has 3 aliphatic heterocycles. The van der Waals surface area contributed by atoms with E-state index in [9.17, 15) is 19.5 Å². The molecule has 0 aliphatic carbocycles. The van der Waals surface area contributed by atoms with E-state index < -0.39 is 30.5 Å². The monoisotopic (exact) mass is 854 g/mol. The lowest BCUT2D eigenvalue weighted by molar-refractivity contribution is -0.134. The number of aliphatic hydroxyl groups excluding tert-OH is 1. The number of hydrogen-bond donors (Lipinski definition) is 5. The standard InChI is InChI=1S/C48H54N8O7/c1-25(2)40(53-47(59)61-5)46(58)56-27(4)12-17-37(56)44-50-35-16-14-29-20-34-32-15-13-30(19-31(32)24-63-39(34)21-33(29)42(35)52-44)36-22-49-43(51-36)38-18-26(3)23-55(38)45(57)41(54-48(60)62-6)28-10-8-7-9-11-28/h7-11,13-16,19-22,25-27,37-38,40-41,46,58H,12,17-18,23-24H2,1-6H3,(H,49,51)(H,50,52)(H,53,59)(H,54,60)/t26-,27-,37-,38?,40-,41?,46?/m0/s1. The van der Waals surface area contributed by atoms with Crippen LogP contribution in [-0.2, 0) is 20.9 Å². The number of rotatable bonds is 10. The summed E-state index contributed by atoms with van der Waals surface area (Å²) in [5.74, 6) is 2.21. The van der Waals surface area contributed by atoms with Crippen molar-refractivity contribution in [3.05, 3.63) is 102 Å². The third-order valence-corrected chi connectivity index (χ3v) is 13.1. The molecule has 0 saturated carbocycles. The lowest BCUT2D eigenvalue weighted by Crippen LogP contribution is -2.55. The average Bonchev–Trinajstić information content (AvgIpc) is 4.12. The van der Waals surface area contributed by atoms with Gasteiger partial charge in [0, 0.05) is 23.5 Å². The van der Waals surface area contributed by atoms with Crippen molar-refractivity contribution in [2.24, 2.45) is 11.8 Å². The number of hydrogen-bond acceptors (Lipinski definition) is 10. The summed E-state index contributed by atoms with van der Waals surface area (Å²) in [5.41, 5.74) is 7.31. The number of aliphatic hydroxyl groups is 1. The molecule has 15 nitrogen and oxygen atoms in total. The second-order valence-electron chi connectivity index (χ2n) is 17.5. The Kier molecular flexibility index (Phi) is 11.3. The van der Waals surface area contributed by atoms with Gasteiger partial charge in [-0.2, -0.15) is 0 Å². The Bertz CT molecular complexity index is 2680. The van der Waals surface area contributed by atoms with Crippen LogP contribution in [0, 0.1) is 11.8 Å². The fourth-order valence-corrected chi connectivity index (χ4v) is 9.81. The van der Waals surface area contributed by atoms with E-state index >= 15 is 0 Å². The zero-order valence-electron chi connectivity index (χ0n) is 36.3. The van der Waals surface area contributed by atoms with Crippen LogP contribution in [0.15, 0.2) is 79.0 Å². The third kappa shape index (κ3) is 7.84. The van der Waals surface area contributed by atoms with Gasteiger partial charge in [0.1, 0.15) is 36.3 Å². The van der Waals surface area contributed by atoms with Crippen LogP contribution in [0.2, 0.25) is 0 Å². The van der Waals surface area contributed by atoms with Crippen LogP contribution in [0.1, 0.15) is 87.9 Å². The number of imidazole rings is 2. The molecule has 15 heteroatoms. The van der Waals surface area contributed by atoms with Gasteiger partial charge in [0.25, 0.3) is 5.91 Å². The van der Waals surface area contributed by atoms with Crippen LogP contribution in [0.25, 0.3) is 44.2 Å². The van der Waals surface area contributed by atoms with E-state index in [0.29, 0.717) is 24.5 Å². The minimum atomic E-state index is -0.943. The van der Waals surface area contributed by atoms with E-state index in [2.05, 4.69) is 75.7 Å². The highest BCUT2D eigenvalue weighted by molar-refractivity contribution is 6.07. The maximum absolute atomic E-state index is 14.2. The molecule has 7 atom stereocenters. The highest BCUT2D eigenvalue weighted by Gasteiger charge is 2.43. The number of likely N-dealkylation sites (tertiary alicyclic amines) is 2. The lowest BCUT2D eigenvalue weighted by Gasteiger charge is -2.38. The topological polar surface area (TPSA) is 187 Å². The number of aromatic nitrogens is 4. The van der Waals surface area contributed by atoms with Gasteiger partial charge in [-0.1, -0.05) is 69.3 Å². The summed E-state index contributed by atoms with van der Waals surface area (Å²) in [5, 5.41) is 19.3. The Morgan fingerprint density at radius 1 is 0.889 bits per heavy atom. The third-order valence-electron chi connectivity index (χ3n) is 13.1. The van der Waals surface area contributed by atoms with Crippen molar-refractivity contribution < 1.29 is 33.7 Å². The minimum Gasteiger partial charge on any atom is -0.488 e. The number of amides is 3. The first-order valence-electron chi connectivity index (χ1n) is 21.7. The van der Waals surface area contributed by atoms with E-state index in [4.69, 9.17) is 24.2 Å². The summed E-state index contributed by atoms with van der Waals surface area (Å²) >= 11 is 0. The number of fused-ring (bicyclic) bond motifs is 6. The smallest absolute Gasteiger partial charge is 0.407 e. The summed E-state index contributed by atoms with van der Waals surface area (Å²) in [6.07, 6.45) is 2.03. The van der Waals surface area contributed by atoms with E-state index in [1.54, 1.807) is 0 Å². The number of alkyl carbamates (subject to hydrolysis) is 2. The Labute approximate surface area is 365 Å². The molecule has 3 amide bonds. The number of nitrogens with zero attached hydrogens (tertiary/aromatic N) is 4. The predicted octanol–water partition coefficient (Wildman–Crippen LogP) is 7.90. The van der Waals surface area contributed by atoms with Gasteiger partial charge in [0.15, 0.2) is 0 Å². The van der Waals surface area contributed by atoms with Crippen molar-refractivity contribution in [2.75, 3.05) is 20.8 Å². The molecule has 3 aliphatic rings. The SMILES string of the molecule is COC(=O)NC(C(=O)N1C[C@@H](C)CC1c1ncc(-c2ccc3c(c2)COc2cc4c(ccc5nc([C@@H]6CC[C@H](C)N6C(O)[C@@H](NC(=O)OC)C(C)C)[nH]c54)cc2-3)[nH]1)c1ccccc1.